The van der Waals surface area contributed by atoms with Gasteiger partial charge in [0.1, 0.15) is 5.75 Å². The number of nitrogens with two attached hydrogens (primary N) is 1. The highest BCUT2D eigenvalue weighted by molar-refractivity contribution is 5.27. The van der Waals surface area contributed by atoms with Crippen molar-refractivity contribution in [3.63, 3.8) is 0 Å². The Kier molecular flexibility index (Phi) is 3.73. The van der Waals surface area contributed by atoms with Crippen LogP contribution in [0.4, 0.5) is 0 Å². The van der Waals surface area contributed by atoms with Gasteiger partial charge in [0.05, 0.1) is 13.7 Å². The van der Waals surface area contributed by atoms with Crippen molar-refractivity contribution in [3.8, 4) is 5.75 Å². The Bertz CT molecular complexity index is 246. The van der Waals surface area contributed by atoms with E-state index < -0.39 is 0 Å². The molecule has 0 aliphatic rings. The van der Waals surface area contributed by atoms with Gasteiger partial charge in [-0.3, -0.25) is 0 Å². The first kappa shape index (κ1) is 10.0. The Morgan fingerprint density at radius 1 is 1.38 bits per heavy atom. The van der Waals surface area contributed by atoms with Gasteiger partial charge < -0.3 is 15.6 Å². The molecular formula is C10H15NO2. The van der Waals surface area contributed by atoms with Gasteiger partial charge in [0.2, 0.25) is 0 Å². The summed E-state index contributed by atoms with van der Waals surface area (Å²) in [6.45, 7) is 0.0199. The third-order valence-electron chi connectivity index (χ3n) is 1.89. The summed E-state index contributed by atoms with van der Waals surface area (Å²) in [5.74, 6) is 0.835. The Morgan fingerprint density at radius 2 is 2.00 bits per heavy atom. The van der Waals surface area contributed by atoms with Gasteiger partial charge >= 0.3 is 0 Å². The van der Waals surface area contributed by atoms with Crippen LogP contribution in [0.2, 0.25) is 0 Å². The number of rotatable bonds is 4. The summed E-state index contributed by atoms with van der Waals surface area (Å²) >= 11 is 0. The average Bonchev–Trinajstić information content (AvgIpc) is 2.19. The summed E-state index contributed by atoms with van der Waals surface area (Å²) in [7, 11) is 1.63. The van der Waals surface area contributed by atoms with Crippen LogP contribution in [0.5, 0.6) is 5.75 Å². The number of benzene rings is 1. The number of aliphatic hydroxyl groups is 1. The summed E-state index contributed by atoms with van der Waals surface area (Å²) in [4.78, 5) is 0. The van der Waals surface area contributed by atoms with E-state index in [1.54, 1.807) is 7.11 Å². The Hall–Kier alpha value is -1.06. The minimum Gasteiger partial charge on any atom is -0.497 e. The predicted molar refractivity (Wildman–Crippen MR) is 51.8 cm³/mol. The van der Waals surface area contributed by atoms with Crippen LogP contribution in [0.15, 0.2) is 24.3 Å². The summed E-state index contributed by atoms with van der Waals surface area (Å²) < 4.78 is 5.02. The lowest BCUT2D eigenvalue weighted by molar-refractivity contribution is 0.265. The second-order valence-corrected chi connectivity index (χ2v) is 2.99. The fraction of sp³-hybridized carbons (Fsp3) is 0.400. The minimum absolute atomic E-state index is 0.0199. The second kappa shape index (κ2) is 4.84. The molecule has 1 atom stereocenters. The monoisotopic (exact) mass is 181 g/mol. The molecule has 3 nitrogen and oxygen atoms in total. The molecule has 0 aliphatic heterocycles. The largest absolute Gasteiger partial charge is 0.497 e. The molecule has 0 radical (unpaired) electrons. The molecule has 3 N–H and O–H groups in total. The van der Waals surface area contributed by atoms with Crippen LogP contribution in [0.25, 0.3) is 0 Å². The summed E-state index contributed by atoms with van der Waals surface area (Å²) in [6, 6.07) is 7.51. The third-order valence-corrected chi connectivity index (χ3v) is 1.89. The van der Waals surface area contributed by atoms with Crippen LogP contribution in [0, 0.1) is 0 Å². The van der Waals surface area contributed by atoms with Crippen molar-refractivity contribution in [2.75, 3.05) is 13.7 Å². The van der Waals surface area contributed by atoms with E-state index in [2.05, 4.69) is 0 Å². The van der Waals surface area contributed by atoms with Crippen molar-refractivity contribution in [2.24, 2.45) is 5.73 Å². The van der Waals surface area contributed by atoms with E-state index in [4.69, 9.17) is 15.6 Å². The molecule has 1 aromatic carbocycles. The lowest BCUT2D eigenvalue weighted by atomic mass is 10.1. The quantitative estimate of drug-likeness (QED) is 0.713. The lowest BCUT2D eigenvalue weighted by Crippen LogP contribution is -2.26. The van der Waals surface area contributed by atoms with Gasteiger partial charge in [0.25, 0.3) is 0 Å². The maximum atomic E-state index is 8.75. The maximum absolute atomic E-state index is 8.75. The first-order valence-corrected chi connectivity index (χ1v) is 4.25. The lowest BCUT2D eigenvalue weighted by Gasteiger charge is -2.08. The molecule has 0 fully saturated rings. The standard InChI is InChI=1S/C10H15NO2/c1-13-10-4-2-8(3-5-10)6-9(11)7-12/h2-5,9,12H,6-7,11H2,1H3/t9-/m0/s1. The molecule has 0 unspecified atom stereocenters. The molecule has 0 saturated heterocycles. The van der Waals surface area contributed by atoms with Crippen LogP contribution in [0.3, 0.4) is 0 Å². The van der Waals surface area contributed by atoms with E-state index in [-0.39, 0.29) is 12.6 Å². The van der Waals surface area contributed by atoms with Gasteiger partial charge in [0, 0.05) is 6.04 Å². The molecule has 0 aliphatic carbocycles. The Morgan fingerprint density at radius 3 is 2.46 bits per heavy atom. The van der Waals surface area contributed by atoms with Gasteiger partial charge in [-0.05, 0) is 24.1 Å². The van der Waals surface area contributed by atoms with Crippen molar-refractivity contribution in [1.29, 1.82) is 0 Å². The van der Waals surface area contributed by atoms with Gasteiger partial charge in [-0.1, -0.05) is 12.1 Å². The van der Waals surface area contributed by atoms with Gasteiger partial charge in [0.15, 0.2) is 0 Å². The fourth-order valence-electron chi connectivity index (χ4n) is 1.13. The molecule has 1 aromatic rings. The normalized spacial score (nSPS) is 12.5. The highest BCUT2D eigenvalue weighted by Crippen LogP contribution is 2.11. The van der Waals surface area contributed by atoms with E-state index in [1.807, 2.05) is 24.3 Å². The SMILES string of the molecule is COc1ccc(C[C@H](N)CO)cc1. The molecule has 0 aromatic heterocycles. The predicted octanol–water partition coefficient (Wildman–Crippen LogP) is 0.557. The zero-order valence-electron chi connectivity index (χ0n) is 7.73. The number of aliphatic hydroxyl groups excluding tert-OH is 1. The van der Waals surface area contributed by atoms with Crippen molar-refractivity contribution in [1.82, 2.24) is 0 Å². The van der Waals surface area contributed by atoms with E-state index in [0.29, 0.717) is 6.42 Å². The maximum Gasteiger partial charge on any atom is 0.118 e. The minimum atomic E-state index is -0.173. The first-order valence-electron chi connectivity index (χ1n) is 4.25. The zero-order valence-corrected chi connectivity index (χ0v) is 7.73. The van der Waals surface area contributed by atoms with Crippen molar-refractivity contribution < 1.29 is 9.84 Å². The van der Waals surface area contributed by atoms with Gasteiger partial charge in [-0.25, -0.2) is 0 Å². The van der Waals surface area contributed by atoms with Crippen LogP contribution in [-0.2, 0) is 6.42 Å². The van der Waals surface area contributed by atoms with Crippen molar-refractivity contribution >= 4 is 0 Å². The van der Waals surface area contributed by atoms with E-state index >= 15 is 0 Å². The Labute approximate surface area is 78.1 Å². The number of hydrogen-bond donors (Lipinski definition) is 2. The molecule has 13 heavy (non-hydrogen) atoms. The third kappa shape index (κ3) is 3.05. The number of ether oxygens (including phenoxy) is 1. The molecule has 0 heterocycles. The van der Waals surface area contributed by atoms with Crippen molar-refractivity contribution in [3.05, 3.63) is 29.8 Å². The molecule has 1 rings (SSSR count). The van der Waals surface area contributed by atoms with Crippen LogP contribution >= 0.6 is 0 Å². The number of methoxy groups -OCH3 is 1. The summed E-state index contributed by atoms with van der Waals surface area (Å²) in [6.07, 6.45) is 0.695. The fourth-order valence-corrected chi connectivity index (χ4v) is 1.13. The van der Waals surface area contributed by atoms with E-state index in [0.717, 1.165) is 11.3 Å². The van der Waals surface area contributed by atoms with E-state index in [9.17, 15) is 0 Å². The van der Waals surface area contributed by atoms with Gasteiger partial charge in [-0.15, -0.1) is 0 Å². The number of hydrogen-bond acceptors (Lipinski definition) is 3. The molecule has 0 saturated carbocycles. The Balaban J connectivity index is 2.58. The molecular weight excluding hydrogens is 166 g/mol. The average molecular weight is 181 g/mol. The summed E-state index contributed by atoms with van der Waals surface area (Å²) in [5, 5.41) is 8.75. The molecule has 0 spiro atoms. The smallest absolute Gasteiger partial charge is 0.118 e. The molecule has 3 heteroatoms. The highest BCUT2D eigenvalue weighted by atomic mass is 16.5. The topological polar surface area (TPSA) is 55.5 Å². The highest BCUT2D eigenvalue weighted by Gasteiger charge is 2.01. The van der Waals surface area contributed by atoms with Crippen LogP contribution in [-0.4, -0.2) is 24.9 Å². The van der Waals surface area contributed by atoms with Gasteiger partial charge in [-0.2, -0.15) is 0 Å². The molecule has 72 valence electrons. The first-order chi connectivity index (χ1) is 6.26. The molecule has 0 bridgehead atoms. The molecule has 0 amide bonds. The zero-order chi connectivity index (χ0) is 9.68. The van der Waals surface area contributed by atoms with E-state index in [1.165, 1.54) is 0 Å². The van der Waals surface area contributed by atoms with Crippen molar-refractivity contribution in [2.45, 2.75) is 12.5 Å². The van der Waals surface area contributed by atoms with Crippen LogP contribution < -0.4 is 10.5 Å². The van der Waals surface area contributed by atoms with Crippen LogP contribution in [0.1, 0.15) is 5.56 Å². The second-order valence-electron chi connectivity index (χ2n) is 2.99. The summed E-state index contributed by atoms with van der Waals surface area (Å²) in [5.41, 5.74) is 6.71.